The van der Waals surface area contributed by atoms with Crippen LogP contribution in [0, 0.1) is 5.82 Å². The van der Waals surface area contributed by atoms with Gasteiger partial charge in [-0.05, 0) is 24.6 Å². The highest BCUT2D eigenvalue weighted by molar-refractivity contribution is 5.42. The van der Waals surface area contributed by atoms with Gasteiger partial charge in [0.15, 0.2) is 11.6 Å². The van der Waals surface area contributed by atoms with Gasteiger partial charge in [0.1, 0.15) is 12.4 Å². The fourth-order valence-electron chi connectivity index (χ4n) is 2.11. The number of halogens is 1. The monoisotopic (exact) mass is 290 g/mol. The molecule has 0 spiro atoms. The number of hydrogen-bond donors (Lipinski definition) is 1. The summed E-state index contributed by atoms with van der Waals surface area (Å²) in [7, 11) is 1.48. The molecule has 0 aliphatic heterocycles. The molecule has 1 atom stereocenters. The minimum atomic E-state index is -0.655. The summed E-state index contributed by atoms with van der Waals surface area (Å²) in [5, 5.41) is 9.49. The van der Waals surface area contributed by atoms with Gasteiger partial charge in [0, 0.05) is 12.0 Å². The predicted molar refractivity (Wildman–Crippen MR) is 79.1 cm³/mol. The van der Waals surface area contributed by atoms with Crippen LogP contribution in [0.25, 0.3) is 0 Å². The van der Waals surface area contributed by atoms with Gasteiger partial charge in [0.05, 0.1) is 13.2 Å². The Morgan fingerprint density at radius 1 is 1.10 bits per heavy atom. The lowest BCUT2D eigenvalue weighted by molar-refractivity contribution is 0.191. The standard InChI is InChI=1S/C17H19FO3/c1-12(19)10-14-15(20-2)8-9-16(17(14)18)21-11-13-6-4-3-5-7-13/h3-9,12,19H,10-11H2,1-2H3. The van der Waals surface area contributed by atoms with Gasteiger partial charge in [-0.2, -0.15) is 0 Å². The first kappa shape index (κ1) is 15.3. The summed E-state index contributed by atoms with van der Waals surface area (Å²) in [4.78, 5) is 0. The van der Waals surface area contributed by atoms with E-state index in [9.17, 15) is 9.50 Å². The highest BCUT2D eigenvalue weighted by Gasteiger charge is 2.17. The van der Waals surface area contributed by atoms with Crippen LogP contribution in [-0.4, -0.2) is 18.3 Å². The number of ether oxygens (including phenoxy) is 2. The molecule has 0 saturated carbocycles. The van der Waals surface area contributed by atoms with Crippen LogP contribution in [0.1, 0.15) is 18.1 Å². The van der Waals surface area contributed by atoms with Gasteiger partial charge in [-0.25, -0.2) is 4.39 Å². The highest BCUT2D eigenvalue weighted by atomic mass is 19.1. The first-order chi connectivity index (χ1) is 10.1. The predicted octanol–water partition coefficient (Wildman–Crippen LogP) is 3.34. The van der Waals surface area contributed by atoms with Gasteiger partial charge in [0.2, 0.25) is 0 Å². The molecule has 0 saturated heterocycles. The molecule has 3 nitrogen and oxygen atoms in total. The highest BCUT2D eigenvalue weighted by Crippen LogP contribution is 2.30. The molecule has 0 bridgehead atoms. The molecule has 112 valence electrons. The first-order valence-electron chi connectivity index (χ1n) is 6.82. The lowest BCUT2D eigenvalue weighted by Gasteiger charge is -2.15. The van der Waals surface area contributed by atoms with Crippen molar-refractivity contribution in [3.63, 3.8) is 0 Å². The zero-order chi connectivity index (χ0) is 15.2. The number of aliphatic hydroxyl groups excluding tert-OH is 1. The Labute approximate surface area is 124 Å². The van der Waals surface area contributed by atoms with Gasteiger partial charge >= 0.3 is 0 Å². The van der Waals surface area contributed by atoms with E-state index < -0.39 is 11.9 Å². The third-order valence-corrected chi connectivity index (χ3v) is 3.12. The molecule has 2 rings (SSSR count). The molecule has 0 radical (unpaired) electrons. The lowest BCUT2D eigenvalue weighted by Crippen LogP contribution is -2.09. The number of methoxy groups -OCH3 is 1. The number of benzene rings is 2. The molecule has 2 aromatic rings. The van der Waals surface area contributed by atoms with E-state index in [1.807, 2.05) is 30.3 Å². The molecule has 0 fully saturated rings. The van der Waals surface area contributed by atoms with Crippen LogP contribution in [0.4, 0.5) is 4.39 Å². The van der Waals surface area contributed by atoms with E-state index in [4.69, 9.17) is 9.47 Å². The van der Waals surface area contributed by atoms with Gasteiger partial charge in [-0.3, -0.25) is 0 Å². The third kappa shape index (κ3) is 3.95. The van der Waals surface area contributed by atoms with Crippen LogP contribution >= 0.6 is 0 Å². The summed E-state index contributed by atoms with van der Waals surface area (Å²) >= 11 is 0. The second kappa shape index (κ2) is 7.09. The summed E-state index contributed by atoms with van der Waals surface area (Å²) in [5.41, 5.74) is 1.29. The van der Waals surface area contributed by atoms with Crippen molar-refractivity contribution in [1.29, 1.82) is 0 Å². The maximum Gasteiger partial charge on any atom is 0.172 e. The normalized spacial score (nSPS) is 12.0. The molecule has 0 aliphatic carbocycles. The van der Waals surface area contributed by atoms with Crippen molar-refractivity contribution in [1.82, 2.24) is 0 Å². The Balaban J connectivity index is 2.20. The molecule has 0 aromatic heterocycles. The van der Waals surface area contributed by atoms with Crippen LogP contribution in [-0.2, 0) is 13.0 Å². The van der Waals surface area contributed by atoms with Crippen molar-refractivity contribution in [2.24, 2.45) is 0 Å². The Kier molecular flexibility index (Phi) is 5.17. The molecule has 0 heterocycles. The SMILES string of the molecule is COc1ccc(OCc2ccccc2)c(F)c1CC(C)O. The molecular weight excluding hydrogens is 271 g/mol. The number of aliphatic hydroxyl groups is 1. The summed E-state index contributed by atoms with van der Waals surface area (Å²) in [6.45, 7) is 1.90. The Hall–Kier alpha value is -2.07. The van der Waals surface area contributed by atoms with Crippen molar-refractivity contribution >= 4 is 0 Å². The van der Waals surface area contributed by atoms with Crippen molar-refractivity contribution in [2.45, 2.75) is 26.1 Å². The van der Waals surface area contributed by atoms with Gasteiger partial charge in [0.25, 0.3) is 0 Å². The van der Waals surface area contributed by atoms with E-state index in [1.54, 1.807) is 19.1 Å². The second-order valence-electron chi connectivity index (χ2n) is 4.89. The van der Waals surface area contributed by atoms with Crippen LogP contribution < -0.4 is 9.47 Å². The Morgan fingerprint density at radius 2 is 1.76 bits per heavy atom. The third-order valence-electron chi connectivity index (χ3n) is 3.12. The van der Waals surface area contributed by atoms with Gasteiger partial charge in [-0.1, -0.05) is 30.3 Å². The summed E-state index contributed by atoms with van der Waals surface area (Å²) in [6, 6.07) is 12.8. The largest absolute Gasteiger partial charge is 0.496 e. The number of rotatable bonds is 6. The molecular formula is C17H19FO3. The maximum absolute atomic E-state index is 14.5. The lowest BCUT2D eigenvalue weighted by atomic mass is 10.1. The molecule has 1 N–H and O–H groups in total. The minimum absolute atomic E-state index is 0.162. The van der Waals surface area contributed by atoms with E-state index in [1.165, 1.54) is 7.11 Å². The summed E-state index contributed by atoms with van der Waals surface area (Å²) < 4.78 is 25.1. The maximum atomic E-state index is 14.5. The van der Waals surface area contributed by atoms with E-state index in [2.05, 4.69) is 0 Å². The van der Waals surface area contributed by atoms with Crippen LogP contribution in [0.3, 0.4) is 0 Å². The molecule has 21 heavy (non-hydrogen) atoms. The second-order valence-corrected chi connectivity index (χ2v) is 4.89. The molecule has 0 amide bonds. The van der Waals surface area contributed by atoms with Crippen molar-refractivity contribution in [3.05, 3.63) is 59.4 Å². The quantitative estimate of drug-likeness (QED) is 0.887. The molecule has 2 aromatic carbocycles. The zero-order valence-corrected chi connectivity index (χ0v) is 12.2. The van der Waals surface area contributed by atoms with Crippen molar-refractivity contribution < 1.29 is 19.0 Å². The van der Waals surface area contributed by atoms with Crippen LogP contribution in [0.5, 0.6) is 11.5 Å². The van der Waals surface area contributed by atoms with Gasteiger partial charge in [-0.15, -0.1) is 0 Å². The smallest absolute Gasteiger partial charge is 0.172 e. The topological polar surface area (TPSA) is 38.7 Å². The van der Waals surface area contributed by atoms with Crippen molar-refractivity contribution in [3.8, 4) is 11.5 Å². The van der Waals surface area contributed by atoms with E-state index in [0.29, 0.717) is 11.3 Å². The van der Waals surface area contributed by atoms with Crippen LogP contribution in [0.2, 0.25) is 0 Å². The van der Waals surface area contributed by atoms with E-state index in [-0.39, 0.29) is 18.8 Å². The number of hydrogen-bond acceptors (Lipinski definition) is 3. The van der Waals surface area contributed by atoms with Crippen molar-refractivity contribution in [2.75, 3.05) is 7.11 Å². The van der Waals surface area contributed by atoms with Gasteiger partial charge < -0.3 is 14.6 Å². The Morgan fingerprint density at radius 3 is 2.38 bits per heavy atom. The average Bonchev–Trinajstić information content (AvgIpc) is 2.49. The Bertz CT molecular complexity index is 582. The minimum Gasteiger partial charge on any atom is -0.496 e. The zero-order valence-electron chi connectivity index (χ0n) is 12.2. The first-order valence-corrected chi connectivity index (χ1v) is 6.82. The fourth-order valence-corrected chi connectivity index (χ4v) is 2.11. The van der Waals surface area contributed by atoms with E-state index in [0.717, 1.165) is 5.56 Å². The average molecular weight is 290 g/mol. The molecule has 0 aliphatic rings. The fraction of sp³-hybridized carbons (Fsp3) is 0.294. The summed E-state index contributed by atoms with van der Waals surface area (Å²) in [5.74, 6) is 0.0990. The van der Waals surface area contributed by atoms with Crippen LogP contribution in [0.15, 0.2) is 42.5 Å². The molecule has 4 heteroatoms. The van der Waals surface area contributed by atoms with E-state index >= 15 is 0 Å². The molecule has 1 unspecified atom stereocenters. The summed E-state index contributed by atoms with van der Waals surface area (Å²) in [6.07, 6.45) is -0.477.